The topological polar surface area (TPSA) is 98.3 Å². The van der Waals surface area contributed by atoms with E-state index in [1.54, 1.807) is 33.8 Å². The van der Waals surface area contributed by atoms with Gasteiger partial charge >= 0.3 is 6.03 Å². The van der Waals surface area contributed by atoms with Gasteiger partial charge < -0.3 is 9.88 Å². The Balaban J connectivity index is 1.58. The lowest BCUT2D eigenvalue weighted by molar-refractivity contribution is -0.130. The number of benzene rings is 1. The molecule has 0 radical (unpaired) electrons. The zero-order chi connectivity index (χ0) is 28.5. The molecule has 0 spiro atoms. The molecule has 2 aromatic heterocycles. The van der Waals surface area contributed by atoms with Crippen LogP contribution in [0.5, 0.6) is 0 Å². The van der Waals surface area contributed by atoms with Gasteiger partial charge in [0.15, 0.2) is 5.78 Å². The predicted molar refractivity (Wildman–Crippen MR) is 151 cm³/mol. The number of nitrogens with one attached hydrogen (secondary N) is 1. The highest BCUT2D eigenvalue weighted by molar-refractivity contribution is 6.11. The van der Waals surface area contributed by atoms with Crippen molar-refractivity contribution in [2.24, 2.45) is 7.05 Å². The maximum Gasteiger partial charge on any atom is 0.325 e. The van der Waals surface area contributed by atoms with E-state index in [1.165, 1.54) is 0 Å². The highest BCUT2D eigenvalue weighted by atomic mass is 16.2. The van der Waals surface area contributed by atoms with Crippen molar-refractivity contribution in [3.8, 4) is 11.4 Å². The minimum absolute atomic E-state index is 0.203. The smallest absolute Gasteiger partial charge is 0.323 e. The van der Waals surface area contributed by atoms with Crippen LogP contribution in [0, 0.1) is 20.8 Å². The van der Waals surface area contributed by atoms with Crippen LogP contribution in [0.4, 0.5) is 4.79 Å². The van der Waals surface area contributed by atoms with E-state index in [0.29, 0.717) is 23.4 Å². The molecule has 0 aliphatic carbocycles. The van der Waals surface area contributed by atoms with Crippen LogP contribution in [0.3, 0.4) is 0 Å². The molecule has 39 heavy (non-hydrogen) atoms. The number of aromatic nitrogens is 3. The molecule has 3 aromatic rings. The molecular formula is C30H39N5O4. The maximum absolute atomic E-state index is 13.6. The van der Waals surface area contributed by atoms with Crippen LogP contribution in [0.2, 0.25) is 0 Å². The van der Waals surface area contributed by atoms with Crippen molar-refractivity contribution in [3.05, 3.63) is 69.4 Å². The number of amides is 3. The maximum atomic E-state index is 13.6. The molecule has 1 fully saturated rings. The fourth-order valence-electron chi connectivity index (χ4n) is 5.57. The SMILES string of the molecule is CCCCCCC[C@@]1(C)NC(=O)N(CC(=O)c2cc(C)n(-c3c(C)n(C)n(-c4ccccc4)c3=O)c2C)C1=O. The summed E-state index contributed by atoms with van der Waals surface area (Å²) < 4.78 is 5.18. The molecule has 9 heteroatoms. The van der Waals surface area contributed by atoms with Gasteiger partial charge in [0.2, 0.25) is 0 Å². The second-order valence-corrected chi connectivity index (χ2v) is 10.8. The minimum atomic E-state index is -0.996. The number of unbranched alkanes of at least 4 members (excludes halogenated alkanes) is 4. The fraction of sp³-hybridized carbons (Fsp3) is 0.467. The molecule has 1 atom stereocenters. The number of rotatable bonds is 11. The first-order valence-corrected chi connectivity index (χ1v) is 13.7. The number of hydrogen-bond donors (Lipinski definition) is 1. The Morgan fingerprint density at radius 2 is 1.62 bits per heavy atom. The summed E-state index contributed by atoms with van der Waals surface area (Å²) in [5.41, 5.74) is 2.44. The first kappa shape index (κ1) is 28.1. The summed E-state index contributed by atoms with van der Waals surface area (Å²) in [5.74, 6) is -0.711. The minimum Gasteiger partial charge on any atom is -0.323 e. The molecule has 3 heterocycles. The Labute approximate surface area is 229 Å². The summed E-state index contributed by atoms with van der Waals surface area (Å²) in [6.07, 6.45) is 5.77. The number of imide groups is 1. The molecule has 1 aliphatic heterocycles. The van der Waals surface area contributed by atoms with Crippen LogP contribution < -0.4 is 10.9 Å². The lowest BCUT2D eigenvalue weighted by atomic mass is 9.94. The Bertz CT molecular complexity index is 1460. The summed E-state index contributed by atoms with van der Waals surface area (Å²) >= 11 is 0. The van der Waals surface area contributed by atoms with Crippen LogP contribution in [-0.4, -0.2) is 48.6 Å². The lowest BCUT2D eigenvalue weighted by Crippen LogP contribution is -2.44. The highest BCUT2D eigenvalue weighted by Gasteiger charge is 2.47. The summed E-state index contributed by atoms with van der Waals surface area (Å²) in [7, 11) is 1.83. The first-order chi connectivity index (χ1) is 18.5. The predicted octanol–water partition coefficient (Wildman–Crippen LogP) is 4.75. The number of carbonyl (C=O) groups excluding carboxylic acids is 3. The van der Waals surface area contributed by atoms with Crippen molar-refractivity contribution in [1.29, 1.82) is 0 Å². The van der Waals surface area contributed by atoms with E-state index in [2.05, 4.69) is 12.2 Å². The third kappa shape index (κ3) is 5.10. The van der Waals surface area contributed by atoms with E-state index in [1.807, 2.05) is 51.2 Å². The van der Waals surface area contributed by atoms with Crippen LogP contribution in [0.25, 0.3) is 11.4 Å². The van der Waals surface area contributed by atoms with Gasteiger partial charge in [-0.3, -0.25) is 24.0 Å². The summed E-state index contributed by atoms with van der Waals surface area (Å²) in [4.78, 5) is 54.0. The standard InChI is InChI=1S/C30H39N5O4/c1-7-8-9-10-14-17-30(5)28(38)33(29(39)31-30)19-25(36)24-18-20(2)34(21(24)3)26-22(4)32(6)35(27(26)37)23-15-12-11-13-16-23/h11-13,15-16,18H,7-10,14,17,19H2,1-6H3,(H,31,39)/t30-/m1/s1. The van der Waals surface area contributed by atoms with Gasteiger partial charge in [0.05, 0.1) is 17.9 Å². The average Bonchev–Trinajstić information content (AvgIpc) is 3.40. The third-order valence-electron chi connectivity index (χ3n) is 7.91. The average molecular weight is 534 g/mol. The molecule has 1 aliphatic rings. The van der Waals surface area contributed by atoms with Crippen molar-refractivity contribution in [3.63, 3.8) is 0 Å². The van der Waals surface area contributed by atoms with Crippen LogP contribution >= 0.6 is 0 Å². The molecule has 208 valence electrons. The Hall–Kier alpha value is -3.88. The number of urea groups is 1. The zero-order valence-corrected chi connectivity index (χ0v) is 23.8. The molecule has 1 N–H and O–H groups in total. The molecule has 0 unspecified atom stereocenters. The largest absolute Gasteiger partial charge is 0.325 e. The number of ketones is 1. The normalized spacial score (nSPS) is 17.2. The lowest BCUT2D eigenvalue weighted by Gasteiger charge is -2.21. The number of para-hydroxylation sites is 1. The molecule has 1 saturated heterocycles. The molecule has 9 nitrogen and oxygen atoms in total. The quantitative estimate of drug-likeness (QED) is 0.219. The molecule has 3 amide bonds. The fourth-order valence-corrected chi connectivity index (χ4v) is 5.57. The van der Waals surface area contributed by atoms with E-state index in [9.17, 15) is 19.2 Å². The molecule has 1 aromatic carbocycles. The number of carbonyl (C=O) groups is 3. The van der Waals surface area contributed by atoms with Gasteiger partial charge in [-0.1, -0.05) is 57.2 Å². The van der Waals surface area contributed by atoms with Crippen molar-refractivity contribution < 1.29 is 14.4 Å². The van der Waals surface area contributed by atoms with Crippen LogP contribution in [0.15, 0.2) is 41.2 Å². The second-order valence-electron chi connectivity index (χ2n) is 10.8. The van der Waals surface area contributed by atoms with E-state index in [4.69, 9.17) is 0 Å². The third-order valence-corrected chi connectivity index (χ3v) is 7.91. The van der Waals surface area contributed by atoms with Gasteiger partial charge in [0.1, 0.15) is 11.2 Å². The molecule has 0 saturated carbocycles. The van der Waals surface area contributed by atoms with E-state index < -0.39 is 11.6 Å². The van der Waals surface area contributed by atoms with Crippen molar-refractivity contribution in [2.45, 2.75) is 78.7 Å². The Morgan fingerprint density at radius 1 is 0.949 bits per heavy atom. The number of Topliss-reactive ketones (excluding diaryl/α,β-unsaturated/α-hetero) is 1. The second kappa shape index (κ2) is 11.1. The van der Waals surface area contributed by atoms with Gasteiger partial charge in [-0.2, -0.15) is 0 Å². The van der Waals surface area contributed by atoms with Crippen LogP contribution in [0.1, 0.15) is 79.8 Å². The number of aryl methyl sites for hydroxylation is 1. The monoisotopic (exact) mass is 533 g/mol. The molecule has 0 bridgehead atoms. The Morgan fingerprint density at radius 3 is 2.28 bits per heavy atom. The number of nitrogens with zero attached hydrogens (tertiary/aromatic N) is 4. The van der Waals surface area contributed by atoms with Gasteiger partial charge in [-0.25, -0.2) is 9.48 Å². The molecule has 4 rings (SSSR count). The van der Waals surface area contributed by atoms with E-state index >= 15 is 0 Å². The summed E-state index contributed by atoms with van der Waals surface area (Å²) in [5, 5.41) is 2.81. The van der Waals surface area contributed by atoms with Gasteiger partial charge in [0, 0.05) is 24.0 Å². The van der Waals surface area contributed by atoms with Gasteiger partial charge in [0.25, 0.3) is 11.5 Å². The summed E-state index contributed by atoms with van der Waals surface area (Å²) in [6, 6.07) is 10.6. The van der Waals surface area contributed by atoms with Crippen molar-refractivity contribution in [2.75, 3.05) is 6.54 Å². The van der Waals surface area contributed by atoms with Gasteiger partial charge in [-0.15, -0.1) is 0 Å². The van der Waals surface area contributed by atoms with E-state index in [0.717, 1.165) is 54.1 Å². The highest BCUT2D eigenvalue weighted by Crippen LogP contribution is 2.26. The summed E-state index contributed by atoms with van der Waals surface area (Å²) in [6.45, 7) is 9.03. The van der Waals surface area contributed by atoms with E-state index in [-0.39, 0.29) is 23.8 Å². The van der Waals surface area contributed by atoms with Gasteiger partial charge in [-0.05, 0) is 52.3 Å². The first-order valence-electron chi connectivity index (χ1n) is 13.7. The van der Waals surface area contributed by atoms with Crippen molar-refractivity contribution in [1.82, 2.24) is 24.1 Å². The van der Waals surface area contributed by atoms with Crippen molar-refractivity contribution >= 4 is 17.7 Å². The zero-order valence-electron chi connectivity index (χ0n) is 23.8. The Kier molecular flexibility index (Phi) is 7.99. The molecular weight excluding hydrogens is 494 g/mol. The van der Waals surface area contributed by atoms with Crippen LogP contribution in [-0.2, 0) is 11.8 Å². The number of hydrogen-bond acceptors (Lipinski definition) is 4.